The highest BCUT2D eigenvalue weighted by Crippen LogP contribution is 2.20. The summed E-state index contributed by atoms with van der Waals surface area (Å²) in [6.45, 7) is 6.80. The van der Waals surface area contributed by atoms with Gasteiger partial charge in [0.2, 0.25) is 0 Å². The third-order valence-electron chi connectivity index (χ3n) is 4.25. The summed E-state index contributed by atoms with van der Waals surface area (Å²) in [5, 5.41) is 6.79. The van der Waals surface area contributed by atoms with Crippen LogP contribution in [-0.4, -0.2) is 17.7 Å². The molecule has 28 heavy (non-hydrogen) atoms. The number of carbonyl (C=O) groups excluding carboxylic acids is 1. The Bertz CT molecular complexity index is 912. The summed E-state index contributed by atoms with van der Waals surface area (Å²) in [5.74, 6) is 1.97. The first-order valence-corrected chi connectivity index (χ1v) is 9.25. The van der Waals surface area contributed by atoms with Crippen LogP contribution < -0.4 is 14.8 Å². The lowest BCUT2D eigenvalue weighted by Crippen LogP contribution is -2.11. The number of hydrogen-bond acceptors (Lipinski definition) is 5. The molecule has 1 amide bonds. The van der Waals surface area contributed by atoms with Gasteiger partial charge in [-0.3, -0.25) is 4.79 Å². The van der Waals surface area contributed by atoms with E-state index in [4.69, 9.17) is 14.0 Å². The quantitative estimate of drug-likeness (QED) is 0.601. The number of nitrogens with zero attached hydrogens (tertiary/aromatic N) is 1. The number of benzene rings is 2. The molecule has 6 heteroatoms. The molecule has 1 heterocycles. The smallest absolute Gasteiger partial charge is 0.255 e. The van der Waals surface area contributed by atoms with E-state index in [0.717, 1.165) is 29.2 Å². The molecule has 0 unspecified atom stereocenters. The maximum atomic E-state index is 12.5. The van der Waals surface area contributed by atoms with Crippen molar-refractivity contribution in [1.82, 2.24) is 5.16 Å². The van der Waals surface area contributed by atoms with E-state index < -0.39 is 0 Å². The average Bonchev–Trinajstić information content (AvgIpc) is 3.03. The van der Waals surface area contributed by atoms with Crippen molar-refractivity contribution >= 4 is 11.6 Å². The van der Waals surface area contributed by atoms with Crippen LogP contribution in [0.1, 0.15) is 40.7 Å². The van der Waals surface area contributed by atoms with E-state index in [0.29, 0.717) is 30.2 Å². The second-order valence-corrected chi connectivity index (χ2v) is 6.45. The topological polar surface area (TPSA) is 73.6 Å². The van der Waals surface area contributed by atoms with Gasteiger partial charge in [-0.25, -0.2) is 0 Å². The van der Waals surface area contributed by atoms with E-state index in [1.807, 2.05) is 45.0 Å². The molecule has 146 valence electrons. The first-order chi connectivity index (χ1) is 13.6. The second kappa shape index (κ2) is 9.08. The van der Waals surface area contributed by atoms with Gasteiger partial charge < -0.3 is 19.3 Å². The second-order valence-electron chi connectivity index (χ2n) is 6.45. The summed E-state index contributed by atoms with van der Waals surface area (Å²) in [5.41, 5.74) is 2.99. The fraction of sp³-hybridized carbons (Fsp3) is 0.273. The number of aryl methyl sites for hydroxylation is 2. The summed E-state index contributed by atoms with van der Waals surface area (Å²) in [6.07, 6.45) is 0.932. The van der Waals surface area contributed by atoms with Crippen molar-refractivity contribution in [3.8, 4) is 11.5 Å². The van der Waals surface area contributed by atoms with Crippen molar-refractivity contribution in [1.29, 1.82) is 0 Å². The highest BCUT2D eigenvalue weighted by atomic mass is 16.5. The molecule has 0 radical (unpaired) electrons. The van der Waals surface area contributed by atoms with E-state index in [9.17, 15) is 4.79 Å². The molecule has 0 atom stereocenters. The van der Waals surface area contributed by atoms with Crippen LogP contribution in [0.2, 0.25) is 0 Å². The number of nitrogens with one attached hydrogen (secondary N) is 1. The van der Waals surface area contributed by atoms with Crippen LogP contribution in [0.5, 0.6) is 11.5 Å². The molecule has 1 N–H and O–H groups in total. The van der Waals surface area contributed by atoms with Gasteiger partial charge in [0.05, 0.1) is 17.9 Å². The monoisotopic (exact) mass is 380 g/mol. The maximum Gasteiger partial charge on any atom is 0.255 e. The molecule has 6 nitrogen and oxygen atoms in total. The molecule has 0 saturated carbocycles. The molecular formula is C22H24N2O4. The third kappa shape index (κ3) is 4.91. The van der Waals surface area contributed by atoms with Gasteiger partial charge >= 0.3 is 0 Å². The lowest BCUT2D eigenvalue weighted by Gasteiger charge is -2.09. The van der Waals surface area contributed by atoms with E-state index in [1.54, 1.807) is 24.3 Å². The van der Waals surface area contributed by atoms with Crippen LogP contribution in [0.25, 0.3) is 0 Å². The first-order valence-electron chi connectivity index (χ1n) is 9.25. The van der Waals surface area contributed by atoms with Gasteiger partial charge in [-0.2, -0.15) is 0 Å². The summed E-state index contributed by atoms with van der Waals surface area (Å²) in [4.78, 5) is 12.5. The van der Waals surface area contributed by atoms with E-state index >= 15 is 0 Å². The molecule has 0 aliphatic rings. The van der Waals surface area contributed by atoms with Crippen molar-refractivity contribution in [2.75, 3.05) is 11.9 Å². The van der Waals surface area contributed by atoms with Gasteiger partial charge in [-0.1, -0.05) is 18.1 Å². The minimum absolute atomic E-state index is 0.190. The highest BCUT2D eigenvalue weighted by molar-refractivity contribution is 6.04. The van der Waals surface area contributed by atoms with Crippen molar-refractivity contribution in [3.63, 3.8) is 0 Å². The van der Waals surface area contributed by atoms with Crippen molar-refractivity contribution in [3.05, 3.63) is 71.1 Å². The summed E-state index contributed by atoms with van der Waals surface area (Å²) < 4.78 is 16.5. The fourth-order valence-corrected chi connectivity index (χ4v) is 2.65. The Morgan fingerprint density at radius 2 is 1.86 bits per heavy atom. The number of anilines is 1. The van der Waals surface area contributed by atoms with Crippen LogP contribution in [0.15, 0.2) is 53.1 Å². The Balaban J connectivity index is 1.59. The van der Waals surface area contributed by atoms with Gasteiger partial charge in [0.25, 0.3) is 5.91 Å². The highest BCUT2D eigenvalue weighted by Gasteiger charge is 2.11. The molecule has 0 bridgehead atoms. The summed E-state index contributed by atoms with van der Waals surface area (Å²) in [6, 6.07) is 14.4. The molecule has 2 aromatic carbocycles. The lowest BCUT2D eigenvalue weighted by atomic mass is 10.2. The fourth-order valence-electron chi connectivity index (χ4n) is 2.65. The van der Waals surface area contributed by atoms with Gasteiger partial charge in [0.15, 0.2) is 0 Å². The third-order valence-corrected chi connectivity index (χ3v) is 4.25. The molecular weight excluding hydrogens is 356 g/mol. The van der Waals surface area contributed by atoms with Crippen LogP contribution in [0.3, 0.4) is 0 Å². The number of rotatable bonds is 8. The van der Waals surface area contributed by atoms with E-state index in [2.05, 4.69) is 10.5 Å². The zero-order chi connectivity index (χ0) is 19.9. The van der Waals surface area contributed by atoms with Gasteiger partial charge in [0.1, 0.15) is 23.9 Å². The van der Waals surface area contributed by atoms with Gasteiger partial charge in [-0.05, 0) is 56.7 Å². The Morgan fingerprint density at radius 3 is 2.54 bits per heavy atom. The largest absolute Gasteiger partial charge is 0.494 e. The maximum absolute atomic E-state index is 12.5. The summed E-state index contributed by atoms with van der Waals surface area (Å²) >= 11 is 0. The van der Waals surface area contributed by atoms with Crippen molar-refractivity contribution in [2.45, 2.75) is 33.8 Å². The number of aromatic nitrogens is 1. The average molecular weight is 380 g/mol. The molecule has 0 spiro atoms. The minimum Gasteiger partial charge on any atom is -0.494 e. The van der Waals surface area contributed by atoms with Crippen LogP contribution in [-0.2, 0) is 6.61 Å². The predicted molar refractivity (Wildman–Crippen MR) is 107 cm³/mol. The molecule has 3 aromatic rings. The first kappa shape index (κ1) is 19.5. The van der Waals surface area contributed by atoms with Crippen LogP contribution in [0.4, 0.5) is 5.69 Å². The SMILES string of the molecule is CCCOc1cccc(NC(=O)c2ccc(OCc3c(C)noc3C)cc2)c1. The Hall–Kier alpha value is -3.28. The number of carbonyl (C=O) groups is 1. The minimum atomic E-state index is -0.190. The lowest BCUT2D eigenvalue weighted by molar-refractivity contribution is 0.102. The van der Waals surface area contributed by atoms with E-state index in [-0.39, 0.29) is 5.91 Å². The van der Waals surface area contributed by atoms with Gasteiger partial charge in [-0.15, -0.1) is 0 Å². The number of hydrogen-bond donors (Lipinski definition) is 1. The molecule has 1 aromatic heterocycles. The molecule has 0 fully saturated rings. The molecule has 0 saturated heterocycles. The molecule has 0 aliphatic heterocycles. The molecule has 3 rings (SSSR count). The molecule has 0 aliphatic carbocycles. The van der Waals surface area contributed by atoms with Crippen LogP contribution >= 0.6 is 0 Å². The van der Waals surface area contributed by atoms with Crippen molar-refractivity contribution < 1.29 is 18.8 Å². The van der Waals surface area contributed by atoms with Crippen LogP contribution in [0, 0.1) is 13.8 Å². The Kier molecular flexibility index (Phi) is 6.32. The Labute approximate surface area is 164 Å². The predicted octanol–water partition coefficient (Wildman–Crippen LogP) is 4.91. The normalized spacial score (nSPS) is 10.5. The zero-order valence-electron chi connectivity index (χ0n) is 16.3. The van der Waals surface area contributed by atoms with Crippen molar-refractivity contribution in [2.24, 2.45) is 0 Å². The number of ether oxygens (including phenoxy) is 2. The Morgan fingerprint density at radius 1 is 1.07 bits per heavy atom. The van der Waals surface area contributed by atoms with Gasteiger partial charge in [0, 0.05) is 17.3 Å². The zero-order valence-corrected chi connectivity index (χ0v) is 16.3. The standard InChI is InChI=1S/C22H24N2O4/c1-4-12-26-20-7-5-6-18(13-20)23-22(25)17-8-10-19(11-9-17)27-14-21-15(2)24-28-16(21)3/h5-11,13H,4,12,14H2,1-3H3,(H,23,25). The summed E-state index contributed by atoms with van der Waals surface area (Å²) in [7, 11) is 0. The number of amides is 1. The van der Waals surface area contributed by atoms with E-state index in [1.165, 1.54) is 0 Å².